The number of nitrogens with zero attached hydrogens (tertiary/aromatic N) is 3. The summed E-state index contributed by atoms with van der Waals surface area (Å²) in [5.74, 6) is -3.58. The predicted molar refractivity (Wildman–Crippen MR) is 69.1 cm³/mol. The van der Waals surface area contributed by atoms with Gasteiger partial charge in [-0.15, -0.1) is 0 Å². The van der Waals surface area contributed by atoms with Crippen LogP contribution in [0.4, 0.5) is 4.39 Å². The molecule has 9 nitrogen and oxygen atoms in total. The number of carbonyl (C=O) groups excluding carboxylic acids is 1. The number of alkyl halides is 1. The number of amides is 1. The lowest BCUT2D eigenvalue weighted by atomic mass is 10.1. The van der Waals surface area contributed by atoms with Crippen LogP contribution < -0.4 is 5.73 Å². The first kappa shape index (κ1) is 14.8. The van der Waals surface area contributed by atoms with Gasteiger partial charge in [-0.1, -0.05) is 0 Å². The topological polar surface area (TPSA) is 144 Å². The molecule has 2 aromatic rings. The highest BCUT2D eigenvalue weighted by atomic mass is 19.2. The van der Waals surface area contributed by atoms with Gasteiger partial charge in [-0.25, -0.2) is 14.4 Å². The van der Waals surface area contributed by atoms with Crippen molar-refractivity contribution in [2.75, 3.05) is 6.61 Å². The molecule has 2 aromatic heterocycles. The van der Waals surface area contributed by atoms with Crippen LogP contribution in [0.25, 0.3) is 11.0 Å². The number of primary amides is 1. The maximum Gasteiger partial charge on any atom is 0.263 e. The van der Waals surface area contributed by atoms with E-state index in [1.807, 2.05) is 0 Å². The fraction of sp³-hybridized carbons (Fsp3) is 0.417. The molecule has 5 N–H and O–H groups in total. The molecule has 0 bridgehead atoms. The van der Waals surface area contributed by atoms with Crippen molar-refractivity contribution in [2.45, 2.75) is 24.3 Å². The molecule has 3 rings (SSSR count). The van der Waals surface area contributed by atoms with Crippen LogP contribution in [-0.4, -0.2) is 60.4 Å². The minimum Gasteiger partial charge on any atom is -0.390 e. The molecule has 0 aliphatic carbocycles. The molecule has 1 fully saturated rings. The van der Waals surface area contributed by atoms with Crippen LogP contribution in [0.5, 0.6) is 0 Å². The number of rotatable bonds is 3. The lowest BCUT2D eigenvalue weighted by molar-refractivity contribution is -0.206. The van der Waals surface area contributed by atoms with Crippen molar-refractivity contribution >= 4 is 16.9 Å². The molecule has 118 valence electrons. The fourth-order valence-corrected chi connectivity index (χ4v) is 2.48. The summed E-state index contributed by atoms with van der Waals surface area (Å²) in [6, 6.07) is 0. The van der Waals surface area contributed by atoms with Gasteiger partial charge < -0.3 is 30.4 Å². The van der Waals surface area contributed by atoms with E-state index in [0.29, 0.717) is 5.39 Å². The van der Waals surface area contributed by atoms with Crippen molar-refractivity contribution in [3.8, 4) is 0 Å². The Morgan fingerprint density at radius 2 is 2.27 bits per heavy atom. The van der Waals surface area contributed by atoms with Crippen LogP contribution in [0.15, 0.2) is 18.7 Å². The van der Waals surface area contributed by atoms with Gasteiger partial charge in [-0.3, -0.25) is 4.79 Å². The van der Waals surface area contributed by atoms with E-state index in [1.165, 1.54) is 23.3 Å². The van der Waals surface area contributed by atoms with Crippen molar-refractivity contribution in [1.82, 2.24) is 14.5 Å². The lowest BCUT2D eigenvalue weighted by Crippen LogP contribution is -2.42. The second-order valence-corrected chi connectivity index (χ2v) is 4.96. The number of halogens is 1. The zero-order chi connectivity index (χ0) is 16.1. The lowest BCUT2D eigenvalue weighted by Gasteiger charge is -2.19. The second kappa shape index (κ2) is 4.95. The molecule has 1 saturated heterocycles. The summed E-state index contributed by atoms with van der Waals surface area (Å²) < 4.78 is 20.3. The number of hydrogen-bond acceptors (Lipinski definition) is 7. The summed E-state index contributed by atoms with van der Waals surface area (Å²) in [6.07, 6.45) is -1.27. The molecule has 22 heavy (non-hydrogen) atoms. The highest BCUT2D eigenvalue weighted by molar-refractivity contribution is 6.05. The van der Waals surface area contributed by atoms with Crippen molar-refractivity contribution in [1.29, 1.82) is 0 Å². The average molecular weight is 312 g/mol. The molecule has 1 aliphatic heterocycles. The van der Waals surface area contributed by atoms with Gasteiger partial charge in [0.25, 0.3) is 11.8 Å². The standard InChI is InChI=1S/C12H13FN4O5/c13-12(3-18)8(20)7(19)11(22-12)17-2-6(9(14)21)5-1-15-4-16-10(5)17/h1-2,4,7-8,11,18-20H,3H2,(H2,14,21)/t7-,8+,11-,12-/m1/s1. The number of carbonyl (C=O) groups is 1. The van der Waals surface area contributed by atoms with E-state index in [9.17, 15) is 19.4 Å². The van der Waals surface area contributed by atoms with Crippen LogP contribution in [-0.2, 0) is 4.74 Å². The monoisotopic (exact) mass is 312 g/mol. The van der Waals surface area contributed by atoms with Gasteiger partial charge in [-0.2, -0.15) is 0 Å². The number of aromatic nitrogens is 3. The Morgan fingerprint density at radius 3 is 2.86 bits per heavy atom. The van der Waals surface area contributed by atoms with E-state index in [-0.39, 0.29) is 11.2 Å². The van der Waals surface area contributed by atoms with Crippen LogP contribution in [0.3, 0.4) is 0 Å². The molecule has 1 aliphatic rings. The quantitative estimate of drug-likeness (QED) is 0.536. The maximum atomic E-state index is 14.2. The van der Waals surface area contributed by atoms with Crippen molar-refractivity contribution < 1.29 is 29.2 Å². The van der Waals surface area contributed by atoms with Crippen LogP contribution in [0.1, 0.15) is 16.6 Å². The molecular formula is C12H13FN4O5. The minimum absolute atomic E-state index is 0.0567. The smallest absolute Gasteiger partial charge is 0.263 e. The third kappa shape index (κ3) is 1.96. The van der Waals surface area contributed by atoms with Gasteiger partial charge in [0.1, 0.15) is 30.8 Å². The van der Waals surface area contributed by atoms with Crippen molar-refractivity contribution in [2.24, 2.45) is 5.73 Å². The summed E-state index contributed by atoms with van der Waals surface area (Å²) in [7, 11) is 0. The second-order valence-electron chi connectivity index (χ2n) is 4.96. The third-order valence-electron chi connectivity index (χ3n) is 3.62. The van der Waals surface area contributed by atoms with Gasteiger partial charge in [-0.05, 0) is 0 Å². The summed E-state index contributed by atoms with van der Waals surface area (Å²) >= 11 is 0. The molecule has 10 heteroatoms. The molecule has 0 saturated carbocycles. The minimum atomic E-state index is -2.82. The zero-order valence-electron chi connectivity index (χ0n) is 11.1. The van der Waals surface area contributed by atoms with E-state index in [1.54, 1.807) is 0 Å². The summed E-state index contributed by atoms with van der Waals surface area (Å²) in [4.78, 5) is 19.2. The van der Waals surface area contributed by atoms with Crippen molar-refractivity contribution in [3.05, 3.63) is 24.3 Å². The first-order valence-electron chi connectivity index (χ1n) is 6.33. The van der Waals surface area contributed by atoms with Crippen molar-refractivity contribution in [3.63, 3.8) is 0 Å². The Kier molecular flexibility index (Phi) is 3.33. The SMILES string of the molecule is NC(=O)c1cn([C@@H]2O[C@](F)(CO)[C@@H](O)[C@H]2O)c2ncncc12. The number of nitrogens with two attached hydrogens (primary N) is 1. The highest BCUT2D eigenvalue weighted by Gasteiger charge is 2.56. The third-order valence-corrected chi connectivity index (χ3v) is 3.62. The fourth-order valence-electron chi connectivity index (χ4n) is 2.48. The van der Waals surface area contributed by atoms with E-state index < -0.39 is 36.8 Å². The molecule has 0 radical (unpaired) electrons. The summed E-state index contributed by atoms with van der Waals surface area (Å²) in [5.41, 5.74) is 5.48. The number of hydrogen-bond donors (Lipinski definition) is 4. The first-order valence-corrected chi connectivity index (χ1v) is 6.33. The largest absolute Gasteiger partial charge is 0.390 e. The average Bonchev–Trinajstić information content (AvgIpc) is 2.99. The molecule has 0 spiro atoms. The summed E-state index contributed by atoms with van der Waals surface area (Å²) in [6.45, 7) is -1.14. The number of aliphatic hydroxyl groups excluding tert-OH is 3. The van der Waals surface area contributed by atoms with Gasteiger partial charge in [0, 0.05) is 12.4 Å². The number of ether oxygens (including phenoxy) is 1. The molecule has 1 amide bonds. The van der Waals surface area contributed by atoms with Gasteiger partial charge in [0.15, 0.2) is 6.23 Å². The van der Waals surface area contributed by atoms with Gasteiger partial charge >= 0.3 is 0 Å². The predicted octanol–water partition coefficient (Wildman–Crippen LogP) is -1.56. The van der Waals surface area contributed by atoms with E-state index in [0.717, 1.165) is 0 Å². The molecule has 4 atom stereocenters. The Balaban J connectivity index is 2.13. The van der Waals surface area contributed by atoms with E-state index in [4.69, 9.17) is 15.6 Å². The van der Waals surface area contributed by atoms with Gasteiger partial charge in [0.05, 0.1) is 10.9 Å². The maximum absolute atomic E-state index is 14.2. The Bertz CT molecular complexity index is 737. The van der Waals surface area contributed by atoms with E-state index >= 15 is 0 Å². The highest BCUT2D eigenvalue weighted by Crippen LogP contribution is 2.39. The molecular weight excluding hydrogens is 299 g/mol. The normalized spacial score (nSPS) is 31.7. The number of aliphatic hydroxyl groups is 3. The Morgan fingerprint density at radius 1 is 1.55 bits per heavy atom. The zero-order valence-corrected chi connectivity index (χ0v) is 11.1. The number of fused-ring (bicyclic) bond motifs is 1. The Hall–Kier alpha value is -2.14. The molecule has 0 aromatic carbocycles. The molecule has 0 unspecified atom stereocenters. The summed E-state index contributed by atoms with van der Waals surface area (Å²) in [5, 5.41) is 29.0. The van der Waals surface area contributed by atoms with E-state index in [2.05, 4.69) is 9.97 Å². The molecule has 3 heterocycles. The first-order chi connectivity index (χ1) is 10.4. The van der Waals surface area contributed by atoms with Crippen LogP contribution >= 0.6 is 0 Å². The van der Waals surface area contributed by atoms with Crippen LogP contribution in [0.2, 0.25) is 0 Å². The van der Waals surface area contributed by atoms with Crippen LogP contribution in [0, 0.1) is 0 Å². The van der Waals surface area contributed by atoms with Gasteiger partial charge in [0.2, 0.25) is 0 Å². The Labute approximate surface area is 122 Å².